The molecule has 0 saturated heterocycles. The number of anilines is 1. The van der Waals surface area contributed by atoms with Crippen LogP contribution in [-0.2, 0) is 21.4 Å². The molecule has 0 amide bonds. The first-order valence-corrected chi connectivity index (χ1v) is 14.8. The van der Waals surface area contributed by atoms with Crippen molar-refractivity contribution in [1.29, 1.82) is 0 Å². The summed E-state index contributed by atoms with van der Waals surface area (Å²) >= 11 is 0. The number of ether oxygens (including phenoxy) is 1. The topological polar surface area (TPSA) is 64.4 Å². The Hall–Kier alpha value is -4.64. The molecule has 1 N–H and O–H groups in total. The van der Waals surface area contributed by atoms with Crippen LogP contribution < -0.4 is 5.32 Å². The van der Waals surface area contributed by atoms with E-state index in [4.69, 9.17) is 9.26 Å². The number of nitrogens with one attached hydrogen (secondary N) is 1. The highest BCUT2D eigenvalue weighted by Crippen LogP contribution is 2.49. The molecule has 1 fully saturated rings. The van der Waals surface area contributed by atoms with Gasteiger partial charge in [-0.3, -0.25) is 4.79 Å². The van der Waals surface area contributed by atoms with E-state index in [1.165, 1.54) is 11.1 Å². The zero-order chi connectivity index (χ0) is 28.9. The number of rotatable bonds is 11. The summed E-state index contributed by atoms with van der Waals surface area (Å²) in [7, 11) is 0. The predicted molar refractivity (Wildman–Crippen MR) is 167 cm³/mol. The van der Waals surface area contributed by atoms with Gasteiger partial charge in [0.25, 0.3) is 0 Å². The molecule has 0 aliphatic heterocycles. The second kappa shape index (κ2) is 12.1. The number of esters is 1. The maximum atomic E-state index is 12.5. The van der Waals surface area contributed by atoms with Crippen molar-refractivity contribution in [2.75, 3.05) is 11.9 Å². The van der Waals surface area contributed by atoms with E-state index in [0.717, 1.165) is 65.1 Å². The van der Waals surface area contributed by atoms with Crippen molar-refractivity contribution in [3.8, 4) is 22.5 Å². The molecule has 212 valence electrons. The highest BCUT2D eigenvalue weighted by atomic mass is 16.5. The van der Waals surface area contributed by atoms with Gasteiger partial charge in [-0.25, -0.2) is 0 Å². The maximum absolute atomic E-state index is 12.5. The summed E-state index contributed by atoms with van der Waals surface area (Å²) in [6, 6.07) is 37.9. The van der Waals surface area contributed by atoms with Crippen molar-refractivity contribution in [2.24, 2.45) is 0 Å². The Balaban J connectivity index is 1.21. The Kier molecular flexibility index (Phi) is 7.91. The van der Waals surface area contributed by atoms with E-state index in [9.17, 15) is 4.79 Å². The predicted octanol–water partition coefficient (Wildman–Crippen LogP) is 8.70. The fourth-order valence-corrected chi connectivity index (χ4v) is 5.67. The normalized spacial score (nSPS) is 14.2. The Morgan fingerprint density at radius 3 is 2.07 bits per heavy atom. The number of carbonyl (C=O) groups excluding carboxylic acids is 1. The zero-order valence-corrected chi connectivity index (χ0v) is 24.2. The molecule has 0 bridgehead atoms. The van der Waals surface area contributed by atoms with Crippen molar-refractivity contribution >= 4 is 11.7 Å². The first-order valence-electron chi connectivity index (χ1n) is 14.8. The molecule has 1 aliphatic carbocycles. The second-order valence-electron chi connectivity index (χ2n) is 11.1. The van der Waals surface area contributed by atoms with E-state index in [1.807, 2.05) is 19.9 Å². The van der Waals surface area contributed by atoms with Crippen LogP contribution in [-0.4, -0.2) is 17.7 Å². The van der Waals surface area contributed by atoms with Crippen molar-refractivity contribution < 1.29 is 14.1 Å². The lowest BCUT2D eigenvalue weighted by molar-refractivity contribution is -0.146. The molecule has 42 heavy (non-hydrogen) atoms. The average Bonchev–Trinajstić information content (AvgIpc) is 3.78. The number of carbonyl (C=O) groups is 1. The van der Waals surface area contributed by atoms with Gasteiger partial charge in [0, 0.05) is 5.56 Å². The smallest absolute Gasteiger partial charge is 0.316 e. The van der Waals surface area contributed by atoms with Gasteiger partial charge in [0.1, 0.15) is 11.4 Å². The van der Waals surface area contributed by atoms with Crippen LogP contribution >= 0.6 is 0 Å². The van der Waals surface area contributed by atoms with Crippen molar-refractivity contribution in [2.45, 2.75) is 51.0 Å². The number of aromatic nitrogens is 1. The molecule has 1 heterocycles. The molecule has 5 aromatic rings. The fraction of sp³-hybridized carbons (Fsp3) is 0.243. The van der Waals surface area contributed by atoms with Crippen LogP contribution in [0.15, 0.2) is 114 Å². The van der Waals surface area contributed by atoms with E-state index in [2.05, 4.69) is 114 Å². The van der Waals surface area contributed by atoms with E-state index in [-0.39, 0.29) is 12.0 Å². The Bertz CT molecular complexity index is 1620. The SMILES string of the molecule is CCOC(=O)C1(c2ccc(-c3ccc(-c4onc(C)c4NC(CCc4ccccc4)c4ccccc4)cc3)cc2)CC1. The summed E-state index contributed by atoms with van der Waals surface area (Å²) in [5.41, 5.74) is 8.05. The Morgan fingerprint density at radius 2 is 1.45 bits per heavy atom. The van der Waals surface area contributed by atoms with Gasteiger partial charge in [0.15, 0.2) is 5.76 Å². The lowest BCUT2D eigenvalue weighted by Gasteiger charge is -2.21. The molecule has 5 heteroatoms. The summed E-state index contributed by atoms with van der Waals surface area (Å²) in [5.74, 6) is 0.628. The van der Waals surface area contributed by atoms with E-state index in [0.29, 0.717) is 6.61 Å². The lowest BCUT2D eigenvalue weighted by atomic mass is 9.93. The summed E-state index contributed by atoms with van der Waals surface area (Å²) in [6.07, 6.45) is 3.60. The molecule has 1 aromatic heterocycles. The minimum Gasteiger partial charge on any atom is -0.465 e. The standard InChI is InChI=1S/C37H36N2O3/c1-3-41-36(40)37(24-25-37)32-21-19-29(20-22-32)28-15-17-31(18-16-28)35-34(26(2)39-42-35)38-33(30-12-8-5-9-13-30)23-14-27-10-6-4-7-11-27/h4-13,15-22,33,38H,3,14,23-25H2,1-2H3. The molecule has 4 aromatic carbocycles. The fourth-order valence-electron chi connectivity index (χ4n) is 5.67. The van der Waals surface area contributed by atoms with Crippen LogP contribution in [0.2, 0.25) is 0 Å². The average molecular weight is 557 g/mol. The highest BCUT2D eigenvalue weighted by Gasteiger charge is 2.52. The van der Waals surface area contributed by atoms with Gasteiger partial charge in [0.2, 0.25) is 0 Å². The first-order chi connectivity index (χ1) is 20.6. The zero-order valence-electron chi connectivity index (χ0n) is 24.2. The molecule has 1 aliphatic rings. The van der Waals surface area contributed by atoms with Gasteiger partial charge >= 0.3 is 5.97 Å². The number of nitrogens with zero attached hydrogens (tertiary/aromatic N) is 1. The van der Waals surface area contributed by atoms with Crippen LogP contribution in [0.3, 0.4) is 0 Å². The summed E-state index contributed by atoms with van der Waals surface area (Å²) in [5, 5.41) is 8.11. The number of hydrogen-bond acceptors (Lipinski definition) is 5. The summed E-state index contributed by atoms with van der Waals surface area (Å²) < 4.78 is 11.2. The molecule has 1 unspecified atom stereocenters. The molecule has 0 radical (unpaired) electrons. The molecule has 1 saturated carbocycles. The van der Waals surface area contributed by atoms with E-state index >= 15 is 0 Å². The van der Waals surface area contributed by atoms with Crippen LogP contribution in [0.4, 0.5) is 5.69 Å². The quantitative estimate of drug-likeness (QED) is 0.165. The van der Waals surface area contributed by atoms with E-state index in [1.54, 1.807) is 0 Å². The third kappa shape index (κ3) is 5.73. The van der Waals surface area contributed by atoms with Crippen LogP contribution in [0.1, 0.15) is 54.6 Å². The summed E-state index contributed by atoms with van der Waals surface area (Å²) in [6.45, 7) is 4.24. The Labute approximate surface area is 247 Å². The van der Waals surface area contributed by atoms with Crippen LogP contribution in [0.25, 0.3) is 22.5 Å². The van der Waals surface area contributed by atoms with Gasteiger partial charge < -0.3 is 14.6 Å². The van der Waals surface area contributed by atoms with Gasteiger partial charge in [-0.15, -0.1) is 0 Å². The monoisotopic (exact) mass is 556 g/mol. The molecule has 6 rings (SSSR count). The highest BCUT2D eigenvalue weighted by molar-refractivity contribution is 5.87. The molecule has 0 spiro atoms. The summed E-state index contributed by atoms with van der Waals surface area (Å²) in [4.78, 5) is 12.5. The first kappa shape index (κ1) is 27.5. The minimum atomic E-state index is -0.454. The molecule has 5 nitrogen and oxygen atoms in total. The third-order valence-electron chi connectivity index (χ3n) is 8.28. The third-order valence-corrected chi connectivity index (χ3v) is 8.28. The van der Waals surface area contributed by atoms with Crippen LogP contribution in [0.5, 0.6) is 0 Å². The van der Waals surface area contributed by atoms with Crippen molar-refractivity contribution in [1.82, 2.24) is 5.16 Å². The van der Waals surface area contributed by atoms with Gasteiger partial charge in [-0.2, -0.15) is 0 Å². The number of benzene rings is 4. The van der Waals surface area contributed by atoms with E-state index < -0.39 is 5.41 Å². The van der Waals surface area contributed by atoms with Crippen molar-refractivity contribution in [3.63, 3.8) is 0 Å². The molecular formula is C37H36N2O3. The Morgan fingerprint density at radius 1 is 0.857 bits per heavy atom. The molecule has 1 atom stereocenters. The lowest BCUT2D eigenvalue weighted by Crippen LogP contribution is -2.23. The van der Waals surface area contributed by atoms with Gasteiger partial charge in [0.05, 0.1) is 18.1 Å². The largest absolute Gasteiger partial charge is 0.465 e. The van der Waals surface area contributed by atoms with Gasteiger partial charge in [-0.05, 0) is 67.3 Å². The number of hydrogen-bond donors (Lipinski definition) is 1. The second-order valence-corrected chi connectivity index (χ2v) is 11.1. The molecular weight excluding hydrogens is 520 g/mol. The minimum absolute atomic E-state index is 0.102. The maximum Gasteiger partial charge on any atom is 0.316 e. The van der Waals surface area contributed by atoms with Gasteiger partial charge in [-0.1, -0.05) is 114 Å². The van der Waals surface area contributed by atoms with Crippen molar-refractivity contribution in [3.05, 3.63) is 132 Å². The number of aryl methyl sites for hydroxylation is 2. The van der Waals surface area contributed by atoms with Crippen LogP contribution in [0, 0.1) is 6.92 Å².